The fourth-order valence-corrected chi connectivity index (χ4v) is 2.10. The summed E-state index contributed by atoms with van der Waals surface area (Å²) in [7, 11) is 1.84. The van der Waals surface area contributed by atoms with Crippen LogP contribution in [0.4, 0.5) is 0 Å². The highest BCUT2D eigenvalue weighted by Gasteiger charge is 2.25. The van der Waals surface area contributed by atoms with Crippen LogP contribution >= 0.6 is 0 Å². The van der Waals surface area contributed by atoms with Gasteiger partial charge in [0.25, 0.3) is 0 Å². The smallest absolute Gasteiger partial charge is 0.326 e. The third kappa shape index (κ3) is 5.95. The molecular weight excluding hydrogens is 268 g/mol. The van der Waals surface area contributed by atoms with E-state index < -0.39 is 12.0 Å². The Labute approximate surface area is 126 Å². The minimum Gasteiger partial charge on any atom is -0.480 e. The second-order valence-electron chi connectivity index (χ2n) is 5.43. The minimum absolute atomic E-state index is 0.0918. The van der Waals surface area contributed by atoms with E-state index in [-0.39, 0.29) is 18.4 Å². The predicted molar refractivity (Wildman–Crippen MR) is 81.8 cm³/mol. The average Bonchev–Trinajstić information content (AvgIpc) is 2.44. The molecule has 0 aliphatic carbocycles. The van der Waals surface area contributed by atoms with Gasteiger partial charge in [-0.15, -0.1) is 0 Å². The number of hydrogen-bond donors (Lipinski definition) is 2. The lowest BCUT2D eigenvalue weighted by molar-refractivity contribution is -0.143. The maximum absolute atomic E-state index is 12.0. The van der Waals surface area contributed by atoms with Crippen LogP contribution in [-0.2, 0) is 16.1 Å². The highest BCUT2D eigenvalue weighted by molar-refractivity contribution is 5.84. The first-order chi connectivity index (χ1) is 9.93. The molecule has 1 aromatic carbocycles. The predicted octanol–water partition coefficient (Wildman–Crippen LogP) is 1.73. The number of carbonyl (C=O) groups is 2. The minimum atomic E-state index is -0.983. The summed E-state index contributed by atoms with van der Waals surface area (Å²) >= 11 is 0. The Morgan fingerprint density at radius 3 is 2.43 bits per heavy atom. The number of likely N-dealkylation sites (N-methyl/N-ethyl adjacent to an activating group) is 1. The van der Waals surface area contributed by atoms with Crippen LogP contribution in [-0.4, -0.2) is 41.5 Å². The first-order valence-corrected chi connectivity index (χ1v) is 7.18. The summed E-state index contributed by atoms with van der Waals surface area (Å²) in [4.78, 5) is 25.0. The Morgan fingerprint density at radius 1 is 1.29 bits per heavy atom. The van der Waals surface area contributed by atoms with Gasteiger partial charge in [-0.25, -0.2) is 4.79 Å². The van der Waals surface area contributed by atoms with E-state index in [1.165, 1.54) is 0 Å². The number of nitrogens with one attached hydrogen (secondary N) is 1. The average molecular weight is 292 g/mol. The van der Waals surface area contributed by atoms with Crippen LogP contribution in [0, 0.1) is 5.92 Å². The van der Waals surface area contributed by atoms with Gasteiger partial charge in [0.05, 0.1) is 6.54 Å². The molecule has 1 amide bonds. The van der Waals surface area contributed by atoms with Crippen LogP contribution in [0.15, 0.2) is 30.3 Å². The summed E-state index contributed by atoms with van der Waals surface area (Å²) in [5, 5.41) is 11.8. The summed E-state index contributed by atoms with van der Waals surface area (Å²) in [5.41, 5.74) is 1.12. The highest BCUT2D eigenvalue weighted by atomic mass is 16.4. The Morgan fingerprint density at radius 2 is 1.90 bits per heavy atom. The van der Waals surface area contributed by atoms with E-state index in [0.29, 0.717) is 13.0 Å². The van der Waals surface area contributed by atoms with Crippen molar-refractivity contribution in [2.75, 3.05) is 13.6 Å². The number of rotatable bonds is 8. The molecule has 0 aliphatic heterocycles. The zero-order valence-electron chi connectivity index (χ0n) is 12.9. The third-order valence-corrected chi connectivity index (χ3v) is 3.50. The van der Waals surface area contributed by atoms with E-state index in [4.69, 9.17) is 5.11 Å². The lowest BCUT2D eigenvalue weighted by atomic mass is 9.99. The van der Waals surface area contributed by atoms with Gasteiger partial charge in [-0.2, -0.15) is 0 Å². The van der Waals surface area contributed by atoms with Crippen LogP contribution in [0.1, 0.15) is 25.8 Å². The Balaban J connectivity index is 2.50. The van der Waals surface area contributed by atoms with E-state index in [1.54, 1.807) is 0 Å². The largest absolute Gasteiger partial charge is 0.480 e. The number of carboxylic acids is 1. The van der Waals surface area contributed by atoms with E-state index in [9.17, 15) is 9.59 Å². The third-order valence-electron chi connectivity index (χ3n) is 3.50. The monoisotopic (exact) mass is 292 g/mol. The molecule has 2 atom stereocenters. The number of aliphatic carboxylic acids is 1. The number of amides is 1. The standard InChI is InChI=1S/C16H24N2O3/c1-4-12(2)15(16(20)21)17-14(19)11-18(3)10-13-8-6-5-7-9-13/h5-9,12,15H,4,10-11H2,1-3H3,(H,17,19)(H,20,21). The van der Waals surface area contributed by atoms with Crippen molar-refractivity contribution in [3.63, 3.8) is 0 Å². The lowest BCUT2D eigenvalue weighted by Gasteiger charge is -2.22. The molecule has 21 heavy (non-hydrogen) atoms. The fraction of sp³-hybridized carbons (Fsp3) is 0.500. The summed E-state index contributed by atoms with van der Waals surface area (Å²) in [5.74, 6) is -1.34. The molecule has 1 aromatic rings. The molecule has 0 aromatic heterocycles. The quantitative estimate of drug-likeness (QED) is 0.765. The van der Waals surface area contributed by atoms with Gasteiger partial charge >= 0.3 is 5.97 Å². The van der Waals surface area contributed by atoms with E-state index >= 15 is 0 Å². The van der Waals surface area contributed by atoms with Gasteiger partial charge in [0.15, 0.2) is 0 Å². The summed E-state index contributed by atoms with van der Waals surface area (Å²) < 4.78 is 0. The zero-order chi connectivity index (χ0) is 15.8. The number of benzene rings is 1. The molecule has 0 aliphatic rings. The van der Waals surface area contributed by atoms with Gasteiger partial charge in [-0.3, -0.25) is 9.69 Å². The van der Waals surface area contributed by atoms with E-state index in [0.717, 1.165) is 5.56 Å². The highest BCUT2D eigenvalue weighted by Crippen LogP contribution is 2.08. The van der Waals surface area contributed by atoms with Crippen molar-refractivity contribution in [2.45, 2.75) is 32.9 Å². The lowest BCUT2D eigenvalue weighted by Crippen LogP contribution is -2.48. The molecule has 2 N–H and O–H groups in total. The van der Waals surface area contributed by atoms with Gasteiger partial charge in [0.2, 0.25) is 5.91 Å². The second-order valence-corrected chi connectivity index (χ2v) is 5.43. The van der Waals surface area contributed by atoms with Crippen LogP contribution < -0.4 is 5.32 Å². The molecule has 2 unspecified atom stereocenters. The Hall–Kier alpha value is -1.88. The van der Waals surface area contributed by atoms with Crippen LogP contribution in [0.3, 0.4) is 0 Å². The molecule has 0 bridgehead atoms. The number of carbonyl (C=O) groups excluding carboxylic acids is 1. The van der Waals surface area contributed by atoms with E-state index in [2.05, 4.69) is 5.32 Å². The van der Waals surface area contributed by atoms with Crippen molar-refractivity contribution in [1.29, 1.82) is 0 Å². The maximum atomic E-state index is 12.0. The molecule has 0 radical (unpaired) electrons. The first kappa shape index (κ1) is 17.2. The normalized spacial score (nSPS) is 13.7. The van der Waals surface area contributed by atoms with Crippen molar-refractivity contribution in [2.24, 2.45) is 5.92 Å². The molecule has 5 nitrogen and oxygen atoms in total. The van der Waals surface area contributed by atoms with Gasteiger partial charge in [0, 0.05) is 6.54 Å². The summed E-state index contributed by atoms with van der Waals surface area (Å²) in [6.45, 7) is 4.56. The van der Waals surface area contributed by atoms with Gasteiger partial charge < -0.3 is 10.4 Å². The molecular formula is C16H24N2O3. The molecule has 0 saturated carbocycles. The topological polar surface area (TPSA) is 69.6 Å². The maximum Gasteiger partial charge on any atom is 0.326 e. The second kappa shape index (κ2) is 8.42. The molecule has 0 fully saturated rings. The van der Waals surface area contributed by atoms with Gasteiger partial charge in [0.1, 0.15) is 6.04 Å². The van der Waals surface area contributed by atoms with Gasteiger partial charge in [-0.1, -0.05) is 50.6 Å². The summed E-state index contributed by atoms with van der Waals surface area (Å²) in [6, 6.07) is 9.01. The number of carboxylic acid groups (broad SMARTS) is 1. The molecule has 1 rings (SSSR count). The molecule has 0 saturated heterocycles. The van der Waals surface area contributed by atoms with Crippen molar-refractivity contribution in [3.05, 3.63) is 35.9 Å². The number of nitrogens with zero attached hydrogens (tertiary/aromatic N) is 1. The Bertz CT molecular complexity index is 462. The van der Waals surface area contributed by atoms with Crippen LogP contribution in [0.25, 0.3) is 0 Å². The van der Waals surface area contributed by atoms with Crippen molar-refractivity contribution >= 4 is 11.9 Å². The van der Waals surface area contributed by atoms with Crippen molar-refractivity contribution < 1.29 is 14.7 Å². The van der Waals surface area contributed by atoms with Crippen molar-refractivity contribution in [3.8, 4) is 0 Å². The number of hydrogen-bond acceptors (Lipinski definition) is 3. The SMILES string of the molecule is CCC(C)C(NC(=O)CN(C)Cc1ccccc1)C(=O)O. The summed E-state index contributed by atoms with van der Waals surface area (Å²) in [6.07, 6.45) is 0.705. The molecule has 116 valence electrons. The fourth-order valence-electron chi connectivity index (χ4n) is 2.10. The van der Waals surface area contributed by atoms with E-state index in [1.807, 2.05) is 56.1 Å². The van der Waals surface area contributed by atoms with Crippen LogP contribution in [0.5, 0.6) is 0 Å². The first-order valence-electron chi connectivity index (χ1n) is 7.18. The van der Waals surface area contributed by atoms with Gasteiger partial charge in [-0.05, 0) is 18.5 Å². The molecule has 5 heteroatoms. The Kier molecular flexibility index (Phi) is 6.88. The molecule has 0 spiro atoms. The molecule has 0 heterocycles. The zero-order valence-corrected chi connectivity index (χ0v) is 12.9. The van der Waals surface area contributed by atoms with Crippen molar-refractivity contribution in [1.82, 2.24) is 10.2 Å². The van der Waals surface area contributed by atoms with Crippen LogP contribution in [0.2, 0.25) is 0 Å².